The molecular weight excluding hydrogens is 184 g/mol. The zero-order valence-corrected chi connectivity index (χ0v) is 9.32. The number of rotatable bonds is 4. The predicted octanol–water partition coefficient (Wildman–Crippen LogP) is 3.34. The molecule has 0 aromatic carbocycles. The van der Waals surface area contributed by atoms with Gasteiger partial charge in [0.25, 0.3) is 0 Å². The van der Waals surface area contributed by atoms with Gasteiger partial charge in [0.2, 0.25) is 0 Å². The molecule has 1 N–H and O–H groups in total. The molecule has 78 valence electrons. The Kier molecular flexibility index (Phi) is 4.54. The van der Waals surface area contributed by atoms with Gasteiger partial charge >= 0.3 is 0 Å². The Morgan fingerprint density at radius 3 is 2.46 bits per heavy atom. The highest BCUT2D eigenvalue weighted by atomic mass is 35.5. The number of hydrogen-bond acceptors (Lipinski definition) is 1. The highest BCUT2D eigenvalue weighted by molar-refractivity contribution is 6.17. The lowest BCUT2D eigenvalue weighted by molar-refractivity contribution is -0.0127. The minimum absolute atomic E-state index is 0.425. The maximum Gasteiger partial charge on any atom is 0.0659 e. The summed E-state index contributed by atoms with van der Waals surface area (Å²) in [6.07, 6.45) is 7.69. The van der Waals surface area contributed by atoms with E-state index in [0.29, 0.717) is 5.88 Å². The molecule has 0 aromatic rings. The minimum Gasteiger partial charge on any atom is -0.390 e. The molecule has 0 aliphatic heterocycles. The van der Waals surface area contributed by atoms with Crippen molar-refractivity contribution in [1.29, 1.82) is 0 Å². The van der Waals surface area contributed by atoms with Crippen LogP contribution in [0, 0.1) is 5.92 Å². The molecule has 1 rings (SSSR count). The second-order valence-electron chi connectivity index (χ2n) is 4.40. The maximum atomic E-state index is 10.1. The third-order valence-corrected chi connectivity index (χ3v) is 3.48. The predicted molar refractivity (Wildman–Crippen MR) is 57.2 cm³/mol. The fraction of sp³-hybridized carbons (Fsp3) is 1.00. The normalized spacial score (nSPS) is 34.8. The molecule has 0 atom stereocenters. The lowest BCUT2D eigenvalue weighted by atomic mass is 9.76. The van der Waals surface area contributed by atoms with Gasteiger partial charge < -0.3 is 5.11 Å². The number of halogens is 1. The summed E-state index contributed by atoms with van der Waals surface area (Å²) in [6, 6.07) is 0. The summed E-state index contributed by atoms with van der Waals surface area (Å²) < 4.78 is 0. The van der Waals surface area contributed by atoms with Gasteiger partial charge in [0.05, 0.1) is 5.60 Å². The Hall–Kier alpha value is 0.250. The summed E-state index contributed by atoms with van der Waals surface area (Å²) in [5.74, 6) is 1.45. The second kappa shape index (κ2) is 5.21. The van der Waals surface area contributed by atoms with Gasteiger partial charge in [0, 0.05) is 5.88 Å². The molecule has 2 heteroatoms. The van der Waals surface area contributed by atoms with Gasteiger partial charge in [-0.2, -0.15) is 0 Å². The molecule has 0 radical (unpaired) electrons. The van der Waals surface area contributed by atoms with Crippen molar-refractivity contribution >= 4 is 11.6 Å². The van der Waals surface area contributed by atoms with Crippen molar-refractivity contribution < 1.29 is 5.11 Å². The third kappa shape index (κ3) is 3.47. The van der Waals surface area contributed by atoms with Crippen molar-refractivity contribution in [3.05, 3.63) is 0 Å². The van der Waals surface area contributed by atoms with Crippen LogP contribution in [0.25, 0.3) is 0 Å². The molecule has 1 fully saturated rings. The van der Waals surface area contributed by atoms with Crippen LogP contribution in [-0.4, -0.2) is 16.6 Å². The summed E-state index contributed by atoms with van der Waals surface area (Å²) in [6.45, 7) is 2.24. The van der Waals surface area contributed by atoms with Crippen molar-refractivity contribution in [2.24, 2.45) is 5.92 Å². The van der Waals surface area contributed by atoms with Crippen LogP contribution < -0.4 is 0 Å². The van der Waals surface area contributed by atoms with Gasteiger partial charge in [0.15, 0.2) is 0 Å². The molecule has 0 spiro atoms. The standard InChI is InChI=1S/C11H21ClO/c1-2-3-10-4-6-11(13,7-5-10)8-9-12/h10,13H,2-9H2,1H3. The van der Waals surface area contributed by atoms with Gasteiger partial charge in [-0.25, -0.2) is 0 Å². The van der Waals surface area contributed by atoms with Gasteiger partial charge in [-0.15, -0.1) is 11.6 Å². The monoisotopic (exact) mass is 204 g/mol. The van der Waals surface area contributed by atoms with Crippen LogP contribution in [0.4, 0.5) is 0 Å². The molecule has 1 aliphatic rings. The van der Waals surface area contributed by atoms with Crippen molar-refractivity contribution in [2.45, 2.75) is 57.5 Å². The molecule has 0 unspecified atom stereocenters. The van der Waals surface area contributed by atoms with Gasteiger partial charge in [-0.3, -0.25) is 0 Å². The molecule has 1 aliphatic carbocycles. The lowest BCUT2D eigenvalue weighted by Crippen LogP contribution is -2.34. The van der Waals surface area contributed by atoms with E-state index >= 15 is 0 Å². The average Bonchev–Trinajstić information content (AvgIpc) is 2.10. The highest BCUT2D eigenvalue weighted by Crippen LogP contribution is 2.36. The lowest BCUT2D eigenvalue weighted by Gasteiger charge is -2.35. The summed E-state index contributed by atoms with van der Waals surface area (Å²) in [4.78, 5) is 0. The smallest absolute Gasteiger partial charge is 0.0659 e. The van der Waals surface area contributed by atoms with Crippen LogP contribution in [0.2, 0.25) is 0 Å². The zero-order chi connectivity index (χ0) is 9.73. The molecule has 1 nitrogen and oxygen atoms in total. The highest BCUT2D eigenvalue weighted by Gasteiger charge is 2.31. The number of aliphatic hydroxyl groups is 1. The number of hydrogen-bond donors (Lipinski definition) is 1. The first kappa shape index (κ1) is 11.3. The zero-order valence-electron chi connectivity index (χ0n) is 8.56. The van der Waals surface area contributed by atoms with E-state index in [4.69, 9.17) is 11.6 Å². The largest absolute Gasteiger partial charge is 0.390 e. The van der Waals surface area contributed by atoms with E-state index < -0.39 is 5.60 Å². The third-order valence-electron chi connectivity index (χ3n) is 3.29. The molecular formula is C11H21ClO. The van der Waals surface area contributed by atoms with E-state index in [1.807, 2.05) is 0 Å². The van der Waals surface area contributed by atoms with Crippen molar-refractivity contribution in [1.82, 2.24) is 0 Å². The fourth-order valence-corrected chi connectivity index (χ4v) is 2.69. The van der Waals surface area contributed by atoms with Crippen molar-refractivity contribution in [2.75, 3.05) is 5.88 Å². The summed E-state index contributed by atoms with van der Waals surface area (Å²) in [7, 11) is 0. The Bertz CT molecular complexity index is 139. The minimum atomic E-state index is -0.425. The van der Waals surface area contributed by atoms with Gasteiger partial charge in [-0.05, 0) is 38.0 Å². The maximum absolute atomic E-state index is 10.1. The van der Waals surface area contributed by atoms with Crippen LogP contribution in [0.5, 0.6) is 0 Å². The summed E-state index contributed by atoms with van der Waals surface area (Å²) in [5, 5.41) is 10.1. The van der Waals surface area contributed by atoms with Crippen molar-refractivity contribution in [3.63, 3.8) is 0 Å². The summed E-state index contributed by atoms with van der Waals surface area (Å²) in [5.41, 5.74) is -0.425. The Morgan fingerprint density at radius 1 is 1.38 bits per heavy atom. The average molecular weight is 205 g/mol. The van der Waals surface area contributed by atoms with Crippen LogP contribution in [0.15, 0.2) is 0 Å². The molecule has 0 saturated heterocycles. The molecule has 1 saturated carbocycles. The quantitative estimate of drug-likeness (QED) is 0.697. The molecule has 0 bridgehead atoms. The first-order chi connectivity index (χ1) is 6.20. The van der Waals surface area contributed by atoms with Crippen LogP contribution in [-0.2, 0) is 0 Å². The van der Waals surface area contributed by atoms with E-state index in [2.05, 4.69) is 6.92 Å². The second-order valence-corrected chi connectivity index (χ2v) is 4.77. The molecule has 0 aromatic heterocycles. The Balaban J connectivity index is 2.28. The molecule has 13 heavy (non-hydrogen) atoms. The van der Waals surface area contributed by atoms with E-state index in [0.717, 1.165) is 25.2 Å². The first-order valence-electron chi connectivity index (χ1n) is 5.48. The first-order valence-corrected chi connectivity index (χ1v) is 6.02. The van der Waals surface area contributed by atoms with E-state index in [-0.39, 0.29) is 0 Å². The van der Waals surface area contributed by atoms with Gasteiger partial charge in [-0.1, -0.05) is 19.8 Å². The fourth-order valence-electron chi connectivity index (χ4n) is 2.34. The topological polar surface area (TPSA) is 20.2 Å². The van der Waals surface area contributed by atoms with Crippen LogP contribution in [0.1, 0.15) is 51.9 Å². The van der Waals surface area contributed by atoms with Gasteiger partial charge in [0.1, 0.15) is 0 Å². The Labute approximate surface area is 86.5 Å². The van der Waals surface area contributed by atoms with Crippen molar-refractivity contribution in [3.8, 4) is 0 Å². The Morgan fingerprint density at radius 2 is 2.00 bits per heavy atom. The molecule has 0 amide bonds. The molecule has 0 heterocycles. The summed E-state index contributed by atoms with van der Waals surface area (Å²) >= 11 is 5.66. The van der Waals surface area contributed by atoms with E-state index in [1.54, 1.807) is 0 Å². The van der Waals surface area contributed by atoms with E-state index in [9.17, 15) is 5.11 Å². The van der Waals surface area contributed by atoms with Crippen LogP contribution >= 0.6 is 11.6 Å². The van der Waals surface area contributed by atoms with E-state index in [1.165, 1.54) is 25.7 Å². The van der Waals surface area contributed by atoms with Crippen LogP contribution in [0.3, 0.4) is 0 Å². The SMILES string of the molecule is CCCC1CCC(O)(CCCl)CC1. The number of alkyl halides is 1.